The van der Waals surface area contributed by atoms with Gasteiger partial charge in [-0.05, 0) is 6.42 Å². The molecule has 0 amide bonds. The molecule has 0 aliphatic heterocycles. The zero-order valence-electron chi connectivity index (χ0n) is 9.24. The minimum atomic E-state index is -3.88. The minimum Gasteiger partial charge on any atom is -1.00 e. The summed E-state index contributed by atoms with van der Waals surface area (Å²) < 4.78 is 28.1. The molecule has 1 N–H and O–H groups in total. The van der Waals surface area contributed by atoms with Crippen LogP contribution in [-0.4, -0.2) is 13.0 Å². The molecule has 0 aliphatic rings. The molecule has 0 unspecified atom stereocenters. The van der Waals surface area contributed by atoms with Crippen molar-refractivity contribution in [1.29, 1.82) is 0 Å². The van der Waals surface area contributed by atoms with E-state index in [0.717, 1.165) is 11.8 Å². The van der Waals surface area contributed by atoms with Crippen LogP contribution in [-0.2, 0) is 10.1 Å². The van der Waals surface area contributed by atoms with E-state index in [2.05, 4.69) is 0 Å². The van der Waals surface area contributed by atoms with Crippen LogP contribution in [0.4, 0.5) is 0 Å². The zero-order valence-corrected chi connectivity index (χ0v) is 12.1. The van der Waals surface area contributed by atoms with Gasteiger partial charge in [-0.3, -0.25) is 4.55 Å². The Labute approximate surface area is 115 Å². The summed E-state index contributed by atoms with van der Waals surface area (Å²) >= 11 is 0. The summed E-state index contributed by atoms with van der Waals surface area (Å²) in [4.78, 5) is 0. The maximum atomic E-state index is 9.97. The maximum absolute atomic E-state index is 9.97. The van der Waals surface area contributed by atoms with Gasteiger partial charge in [0.05, 0.1) is 5.41 Å². The maximum Gasteiger partial charge on any atom is 1.00 e. The van der Waals surface area contributed by atoms with Crippen molar-refractivity contribution in [2.24, 2.45) is 0 Å². The van der Waals surface area contributed by atoms with E-state index in [0.29, 0.717) is 6.42 Å². The molecule has 0 bridgehead atoms. The van der Waals surface area contributed by atoms with Crippen LogP contribution < -0.4 is 59.1 Å². The van der Waals surface area contributed by atoms with Crippen LogP contribution in [0.1, 0.15) is 22.6 Å². The monoisotopic (exact) mass is 198 g/mol. The largest absolute Gasteiger partial charge is 1.00 e. The molecule has 0 aromatic heterocycles. The van der Waals surface area contributed by atoms with Gasteiger partial charge < -0.3 is 2.85 Å². The molecule has 0 rings (SSSR count). The Morgan fingerprint density at radius 2 is 1.91 bits per heavy atom. The molecule has 0 spiro atoms. The van der Waals surface area contributed by atoms with Crippen LogP contribution in [0.2, 0.25) is 0 Å². The third-order valence-electron chi connectivity index (χ3n) is 0.724. The van der Waals surface area contributed by atoms with Gasteiger partial charge in [-0.15, -0.1) is 0 Å². The Hall–Kier alpha value is 1.65. The summed E-state index contributed by atoms with van der Waals surface area (Å²) in [6, 6.07) is 0. The van der Waals surface area contributed by atoms with Crippen LogP contribution in [0.15, 0.2) is 11.5 Å². The predicted molar refractivity (Wildman–Crippen MR) is 37.8 cm³/mol. The van der Waals surface area contributed by atoms with Crippen molar-refractivity contribution in [3.05, 3.63) is 11.5 Å². The van der Waals surface area contributed by atoms with E-state index in [1.54, 1.807) is 0 Å². The third-order valence-corrected chi connectivity index (χ3v) is 1.26. The van der Waals surface area contributed by atoms with E-state index in [1.807, 2.05) is 6.92 Å². The second-order valence-electron chi connectivity index (χ2n) is 1.68. The molecule has 0 atom stereocenters. The summed E-state index contributed by atoms with van der Waals surface area (Å²) in [7, 11) is -3.88. The summed E-state index contributed by atoms with van der Waals surface area (Å²) in [5, 5.41) is 0.802. The van der Waals surface area contributed by atoms with Crippen molar-refractivity contribution >= 4 is 10.1 Å². The first kappa shape index (κ1) is 18.4. The molecule has 0 radical (unpaired) electrons. The fourth-order valence-corrected chi connectivity index (χ4v) is 0.736. The first-order valence-electron chi connectivity index (χ1n) is 2.70. The summed E-state index contributed by atoms with van der Waals surface area (Å²) in [6.45, 7) is 1.92. The van der Waals surface area contributed by atoms with E-state index in [9.17, 15) is 8.42 Å². The summed E-state index contributed by atoms with van der Waals surface area (Å²) in [6.07, 6.45) is 2.99. The fourth-order valence-electron chi connectivity index (χ4n) is 0.356. The fraction of sp³-hybridized carbons (Fsp3) is 0.600. The number of unbranched alkanes of at least 4 members (excludes halogenated alkanes) is 1. The quantitative estimate of drug-likeness (QED) is 0.367. The van der Waals surface area contributed by atoms with Gasteiger partial charge >= 0.3 is 59.1 Å². The Kier molecular flexibility index (Phi) is 16.3. The molecule has 3 nitrogen and oxygen atoms in total. The second kappa shape index (κ2) is 9.74. The average Bonchev–Trinajstić information content (AvgIpc) is 1.63. The second-order valence-corrected chi connectivity index (χ2v) is 2.98. The van der Waals surface area contributed by atoms with Crippen LogP contribution in [0.5, 0.6) is 0 Å². The molecular formula is C5H12Na2O3S. The predicted octanol–water partition coefficient (Wildman–Crippen LogP) is -4.58. The summed E-state index contributed by atoms with van der Waals surface area (Å²) in [5.74, 6) is 0. The normalized spacial score (nSPS) is 10.4. The van der Waals surface area contributed by atoms with Crippen LogP contribution >= 0.6 is 0 Å². The Balaban J connectivity index is -0.0000000533. The standard InChI is InChI=1S/C5H10O3S.2Na.2H/c1-2-3-4-5-9(6,7)8;;;;/h4-5H,2-3H2,1H3,(H,6,7,8);;;;/q;2*+1;2*-1. The molecule has 0 saturated heterocycles. The Morgan fingerprint density at radius 1 is 1.45 bits per heavy atom. The third kappa shape index (κ3) is 18.5. The van der Waals surface area contributed by atoms with Gasteiger partial charge in [-0.1, -0.05) is 19.4 Å². The van der Waals surface area contributed by atoms with Crippen molar-refractivity contribution in [1.82, 2.24) is 0 Å². The molecule has 0 aromatic carbocycles. The van der Waals surface area contributed by atoms with Gasteiger partial charge in [0.2, 0.25) is 0 Å². The van der Waals surface area contributed by atoms with Gasteiger partial charge in [-0.25, -0.2) is 0 Å². The topological polar surface area (TPSA) is 54.4 Å². The smallest absolute Gasteiger partial charge is 1.00 e. The number of rotatable bonds is 3. The van der Waals surface area contributed by atoms with Crippen molar-refractivity contribution in [2.75, 3.05) is 0 Å². The van der Waals surface area contributed by atoms with E-state index in [-0.39, 0.29) is 62.0 Å². The Bertz CT molecular complexity index is 194. The molecule has 0 fully saturated rings. The molecule has 6 heteroatoms. The molecule has 0 heterocycles. The molecule has 11 heavy (non-hydrogen) atoms. The van der Waals surface area contributed by atoms with E-state index >= 15 is 0 Å². The zero-order chi connectivity index (χ0) is 7.33. The van der Waals surface area contributed by atoms with Gasteiger partial charge in [0.15, 0.2) is 0 Å². The van der Waals surface area contributed by atoms with Crippen LogP contribution in [0.3, 0.4) is 0 Å². The minimum absolute atomic E-state index is 0. The molecular weight excluding hydrogens is 186 g/mol. The van der Waals surface area contributed by atoms with E-state index < -0.39 is 10.1 Å². The number of hydrogen-bond acceptors (Lipinski definition) is 2. The van der Waals surface area contributed by atoms with Crippen molar-refractivity contribution in [3.8, 4) is 0 Å². The molecule has 0 saturated carbocycles. The first-order chi connectivity index (χ1) is 4.06. The van der Waals surface area contributed by atoms with Gasteiger partial charge in [0, 0.05) is 0 Å². The number of hydrogen-bond donors (Lipinski definition) is 1. The van der Waals surface area contributed by atoms with Gasteiger partial charge in [0.1, 0.15) is 0 Å². The van der Waals surface area contributed by atoms with Gasteiger partial charge in [0.25, 0.3) is 10.1 Å². The van der Waals surface area contributed by atoms with E-state index in [4.69, 9.17) is 4.55 Å². The van der Waals surface area contributed by atoms with E-state index in [1.165, 1.54) is 6.08 Å². The van der Waals surface area contributed by atoms with Crippen molar-refractivity contribution < 1.29 is 74.9 Å². The van der Waals surface area contributed by atoms with Crippen molar-refractivity contribution in [2.45, 2.75) is 19.8 Å². The molecule has 0 aliphatic carbocycles. The molecule has 58 valence electrons. The van der Waals surface area contributed by atoms with Crippen LogP contribution in [0.25, 0.3) is 0 Å². The Morgan fingerprint density at radius 3 is 2.18 bits per heavy atom. The van der Waals surface area contributed by atoms with Gasteiger partial charge in [-0.2, -0.15) is 8.42 Å². The number of allylic oxidation sites excluding steroid dienone is 1. The summed E-state index contributed by atoms with van der Waals surface area (Å²) in [5.41, 5.74) is 0. The average molecular weight is 198 g/mol. The first-order valence-corrected chi connectivity index (χ1v) is 4.20. The van der Waals surface area contributed by atoms with Crippen molar-refractivity contribution in [3.63, 3.8) is 0 Å². The van der Waals surface area contributed by atoms with Crippen LogP contribution in [0, 0.1) is 0 Å². The molecule has 0 aromatic rings. The SMILES string of the molecule is CCCC=CS(=O)(=O)O.[H-].[H-].[Na+].[Na+].